The molecule has 0 bridgehead atoms. The van der Waals surface area contributed by atoms with E-state index in [2.05, 4.69) is 21.2 Å². The van der Waals surface area contributed by atoms with Gasteiger partial charge in [-0.15, -0.1) is 0 Å². The molecular weight excluding hydrogens is 325 g/mol. The fourth-order valence-electron chi connectivity index (χ4n) is 1.72. The maximum atomic E-state index is 13.5. The molecule has 0 aliphatic rings. The Kier molecular flexibility index (Phi) is 4.74. The van der Waals surface area contributed by atoms with Crippen LogP contribution in [-0.2, 0) is 0 Å². The Bertz CT molecular complexity index is 631. The summed E-state index contributed by atoms with van der Waals surface area (Å²) in [7, 11) is 1.38. The normalized spacial score (nSPS) is 10.2. The van der Waals surface area contributed by atoms with Crippen LogP contribution in [0.5, 0.6) is 5.75 Å². The van der Waals surface area contributed by atoms with Crippen LogP contribution in [0.25, 0.3) is 0 Å². The number of para-hydroxylation sites is 1. The molecule has 0 aliphatic carbocycles. The molecule has 0 saturated heterocycles. The summed E-state index contributed by atoms with van der Waals surface area (Å²) in [5.41, 5.74) is 1.12. The second-order valence-corrected chi connectivity index (χ2v) is 4.96. The minimum Gasteiger partial charge on any atom is -0.494 e. The number of rotatable bonds is 5. The first-order valence-electron chi connectivity index (χ1n) is 5.97. The summed E-state index contributed by atoms with van der Waals surface area (Å²) in [5, 5.41) is 3.01. The molecule has 1 N–H and O–H groups in total. The fraction of sp³-hybridized carbons (Fsp3) is 0.133. The number of halogens is 2. The van der Waals surface area contributed by atoms with Gasteiger partial charge >= 0.3 is 0 Å². The maximum absolute atomic E-state index is 13.5. The highest BCUT2D eigenvalue weighted by atomic mass is 79.9. The monoisotopic (exact) mass is 337 g/mol. The third-order valence-electron chi connectivity index (χ3n) is 2.79. The van der Waals surface area contributed by atoms with Crippen molar-refractivity contribution >= 4 is 27.4 Å². The van der Waals surface area contributed by atoms with Gasteiger partial charge in [-0.25, -0.2) is 4.39 Å². The van der Waals surface area contributed by atoms with E-state index in [1.807, 2.05) is 24.3 Å². The molecule has 2 rings (SSSR count). The number of carbonyl (C=O) groups is 1. The van der Waals surface area contributed by atoms with Crippen LogP contribution in [0.1, 0.15) is 10.4 Å². The van der Waals surface area contributed by atoms with Gasteiger partial charge in [-0.05, 0) is 46.3 Å². The summed E-state index contributed by atoms with van der Waals surface area (Å²) in [5.74, 6) is -0.609. The molecule has 0 aliphatic heterocycles. The van der Waals surface area contributed by atoms with Gasteiger partial charge in [-0.3, -0.25) is 4.79 Å². The number of benzene rings is 2. The van der Waals surface area contributed by atoms with Crippen LogP contribution in [0.3, 0.4) is 0 Å². The summed E-state index contributed by atoms with van der Waals surface area (Å²) in [6.45, 7) is 0.0916. The highest BCUT2D eigenvalue weighted by molar-refractivity contribution is 9.10. The Balaban J connectivity index is 2.05. The van der Waals surface area contributed by atoms with Crippen LogP contribution in [0.2, 0.25) is 0 Å². The molecule has 0 radical (unpaired) electrons. The zero-order valence-electron chi connectivity index (χ0n) is 10.8. The predicted molar refractivity (Wildman–Crippen MR) is 79.9 cm³/mol. The van der Waals surface area contributed by atoms with Gasteiger partial charge in [0.2, 0.25) is 0 Å². The van der Waals surface area contributed by atoms with Crippen molar-refractivity contribution in [2.75, 3.05) is 19.0 Å². The van der Waals surface area contributed by atoms with Crippen LogP contribution in [-0.4, -0.2) is 19.4 Å². The van der Waals surface area contributed by atoms with Gasteiger partial charge in [0.15, 0.2) is 17.3 Å². The number of ether oxygens (including phenoxy) is 1. The van der Waals surface area contributed by atoms with Crippen molar-refractivity contribution in [3.8, 4) is 5.75 Å². The van der Waals surface area contributed by atoms with E-state index >= 15 is 0 Å². The van der Waals surface area contributed by atoms with Gasteiger partial charge in [-0.1, -0.05) is 12.1 Å². The molecule has 0 spiro atoms. The highest BCUT2D eigenvalue weighted by Crippen LogP contribution is 2.21. The summed E-state index contributed by atoms with van der Waals surface area (Å²) < 4.78 is 19.2. The number of hydrogen-bond acceptors (Lipinski definition) is 3. The lowest BCUT2D eigenvalue weighted by atomic mass is 10.1. The molecule has 104 valence electrons. The van der Waals surface area contributed by atoms with Crippen molar-refractivity contribution in [1.29, 1.82) is 0 Å². The molecule has 0 aromatic heterocycles. The van der Waals surface area contributed by atoms with Crippen LogP contribution < -0.4 is 10.1 Å². The molecule has 5 heteroatoms. The van der Waals surface area contributed by atoms with Crippen LogP contribution in [0.15, 0.2) is 46.9 Å². The first-order chi connectivity index (χ1) is 9.61. The van der Waals surface area contributed by atoms with E-state index in [1.54, 1.807) is 6.07 Å². The SMILES string of the molecule is COc1ccc(C(=O)CNc2ccccc2Br)cc1F. The Hall–Kier alpha value is -1.88. The first kappa shape index (κ1) is 14.5. The number of anilines is 1. The number of ketones is 1. The van der Waals surface area contributed by atoms with E-state index in [0.29, 0.717) is 5.56 Å². The molecule has 2 aromatic carbocycles. The summed E-state index contributed by atoms with van der Waals surface area (Å²) in [4.78, 5) is 12.0. The topological polar surface area (TPSA) is 38.3 Å². The molecule has 0 fully saturated rings. The van der Waals surface area contributed by atoms with Crippen molar-refractivity contribution in [2.45, 2.75) is 0 Å². The van der Waals surface area contributed by atoms with Gasteiger partial charge in [-0.2, -0.15) is 0 Å². The molecule has 0 amide bonds. The Morgan fingerprint density at radius 3 is 2.70 bits per heavy atom. The second kappa shape index (κ2) is 6.52. The largest absolute Gasteiger partial charge is 0.494 e. The highest BCUT2D eigenvalue weighted by Gasteiger charge is 2.10. The van der Waals surface area contributed by atoms with Gasteiger partial charge in [0.05, 0.1) is 13.7 Å². The standard InChI is InChI=1S/C15H13BrFNO2/c1-20-15-7-6-10(8-12(15)17)14(19)9-18-13-5-3-2-4-11(13)16/h2-8,18H,9H2,1H3. The van der Waals surface area contributed by atoms with Gasteiger partial charge < -0.3 is 10.1 Å². The van der Waals surface area contributed by atoms with E-state index < -0.39 is 5.82 Å². The summed E-state index contributed by atoms with van der Waals surface area (Å²) >= 11 is 3.38. The number of carbonyl (C=O) groups excluding carboxylic acids is 1. The lowest BCUT2D eigenvalue weighted by molar-refractivity contribution is 0.101. The Morgan fingerprint density at radius 1 is 1.30 bits per heavy atom. The molecule has 2 aromatic rings. The molecule has 3 nitrogen and oxygen atoms in total. The molecular formula is C15H13BrFNO2. The average Bonchev–Trinajstić information content (AvgIpc) is 2.46. The van der Waals surface area contributed by atoms with Gasteiger partial charge in [0, 0.05) is 15.7 Å². The van der Waals surface area contributed by atoms with Crippen molar-refractivity contribution in [2.24, 2.45) is 0 Å². The Morgan fingerprint density at radius 2 is 2.05 bits per heavy atom. The van der Waals surface area contributed by atoms with E-state index in [4.69, 9.17) is 4.74 Å². The third-order valence-corrected chi connectivity index (χ3v) is 3.48. The lowest BCUT2D eigenvalue weighted by Crippen LogP contribution is -2.14. The van der Waals surface area contributed by atoms with E-state index in [1.165, 1.54) is 19.2 Å². The molecule has 0 unspecified atom stereocenters. The van der Waals surface area contributed by atoms with Crippen molar-refractivity contribution < 1.29 is 13.9 Å². The van der Waals surface area contributed by atoms with E-state index in [9.17, 15) is 9.18 Å². The smallest absolute Gasteiger partial charge is 0.181 e. The average molecular weight is 338 g/mol. The first-order valence-corrected chi connectivity index (χ1v) is 6.76. The molecule has 20 heavy (non-hydrogen) atoms. The van der Waals surface area contributed by atoms with Gasteiger partial charge in [0.1, 0.15) is 0 Å². The van der Waals surface area contributed by atoms with Crippen LogP contribution in [0.4, 0.5) is 10.1 Å². The predicted octanol–water partition coefficient (Wildman–Crippen LogP) is 3.89. The third kappa shape index (κ3) is 3.36. The number of methoxy groups -OCH3 is 1. The second-order valence-electron chi connectivity index (χ2n) is 4.11. The zero-order valence-corrected chi connectivity index (χ0v) is 12.4. The molecule has 0 heterocycles. The number of nitrogens with one attached hydrogen (secondary N) is 1. The number of Topliss-reactive ketones (excluding diaryl/α,β-unsaturated/α-hetero) is 1. The van der Waals surface area contributed by atoms with E-state index in [0.717, 1.165) is 10.2 Å². The quantitative estimate of drug-likeness (QED) is 0.841. The Labute approximate surface area is 124 Å². The minimum absolute atomic E-state index is 0.0916. The maximum Gasteiger partial charge on any atom is 0.181 e. The summed E-state index contributed by atoms with van der Waals surface area (Å²) in [6.07, 6.45) is 0. The number of hydrogen-bond donors (Lipinski definition) is 1. The minimum atomic E-state index is -0.542. The van der Waals surface area contributed by atoms with Gasteiger partial charge in [0.25, 0.3) is 0 Å². The lowest BCUT2D eigenvalue weighted by Gasteiger charge is -2.08. The summed E-state index contributed by atoms with van der Waals surface area (Å²) in [6, 6.07) is 11.7. The van der Waals surface area contributed by atoms with Crippen molar-refractivity contribution in [3.63, 3.8) is 0 Å². The fourth-order valence-corrected chi connectivity index (χ4v) is 2.15. The van der Waals surface area contributed by atoms with Crippen LogP contribution in [0, 0.1) is 5.82 Å². The van der Waals surface area contributed by atoms with Crippen molar-refractivity contribution in [1.82, 2.24) is 0 Å². The van der Waals surface area contributed by atoms with Crippen LogP contribution >= 0.6 is 15.9 Å². The zero-order chi connectivity index (χ0) is 14.5. The molecule has 0 atom stereocenters. The van der Waals surface area contributed by atoms with E-state index in [-0.39, 0.29) is 18.1 Å². The van der Waals surface area contributed by atoms with Crippen molar-refractivity contribution in [3.05, 3.63) is 58.3 Å². The molecule has 0 saturated carbocycles.